The quantitative estimate of drug-likeness (QED) is 0.205. The van der Waals surface area contributed by atoms with Gasteiger partial charge in [0.05, 0.1) is 0 Å². The second kappa shape index (κ2) is 15.1. The summed E-state index contributed by atoms with van der Waals surface area (Å²) in [5.41, 5.74) is 12.5. The largest absolute Gasteiger partial charge is 0.361 e. The zero-order valence-electron chi connectivity index (χ0n) is 24.5. The minimum atomic E-state index is 1.07. The number of allylic oxidation sites excluding steroid dienone is 5. The summed E-state index contributed by atoms with van der Waals surface area (Å²) in [6, 6.07) is 44.6. The molecule has 0 saturated carbocycles. The Hall–Kier alpha value is -4.88. The van der Waals surface area contributed by atoms with Crippen molar-refractivity contribution in [1.29, 1.82) is 0 Å². The molecule has 0 unspecified atom stereocenters. The third-order valence-corrected chi connectivity index (χ3v) is 6.93. The topological polar surface area (TPSA) is 12.0 Å². The van der Waals surface area contributed by atoms with E-state index in [2.05, 4.69) is 166 Å². The summed E-state index contributed by atoms with van der Waals surface area (Å²) in [4.78, 5) is 0. The number of hydrogen-bond acceptors (Lipinski definition) is 1. The van der Waals surface area contributed by atoms with Crippen LogP contribution in [0.25, 0.3) is 27.8 Å². The Bertz CT molecular complexity index is 1560. The summed E-state index contributed by atoms with van der Waals surface area (Å²) >= 11 is 0. The molecule has 204 valence electrons. The molecule has 0 saturated heterocycles. The van der Waals surface area contributed by atoms with Gasteiger partial charge in [0, 0.05) is 11.9 Å². The predicted molar refractivity (Wildman–Crippen MR) is 180 cm³/mol. The molecule has 1 nitrogen and oxygen atoms in total. The van der Waals surface area contributed by atoms with E-state index in [1.807, 2.05) is 25.1 Å². The lowest BCUT2D eigenvalue weighted by Gasteiger charge is -2.08. The number of hydrogen-bond donors (Lipinski definition) is 1. The fourth-order valence-electron chi connectivity index (χ4n) is 4.54. The van der Waals surface area contributed by atoms with Gasteiger partial charge in [-0.15, -0.1) is 0 Å². The minimum absolute atomic E-state index is 1.07. The van der Waals surface area contributed by atoms with E-state index in [1.165, 1.54) is 44.5 Å². The van der Waals surface area contributed by atoms with Crippen LogP contribution in [0.2, 0.25) is 0 Å². The van der Waals surface area contributed by atoms with E-state index in [0.29, 0.717) is 0 Å². The van der Waals surface area contributed by atoms with Crippen LogP contribution in [-0.4, -0.2) is 0 Å². The average Bonchev–Trinajstić information content (AvgIpc) is 3.01. The Morgan fingerprint density at radius 2 is 1.05 bits per heavy atom. The Morgan fingerprint density at radius 3 is 1.59 bits per heavy atom. The van der Waals surface area contributed by atoms with Crippen molar-refractivity contribution in [1.82, 2.24) is 0 Å². The van der Waals surface area contributed by atoms with Gasteiger partial charge in [-0.2, -0.15) is 0 Å². The summed E-state index contributed by atoms with van der Waals surface area (Å²) in [6.07, 6.45) is 10.3. The van der Waals surface area contributed by atoms with E-state index in [0.717, 1.165) is 11.3 Å². The molecule has 0 aliphatic rings. The zero-order chi connectivity index (χ0) is 28.9. The molecule has 0 aliphatic heterocycles. The average molecular weight is 534 g/mol. The van der Waals surface area contributed by atoms with Crippen LogP contribution in [0, 0.1) is 20.8 Å². The highest BCUT2D eigenvalue weighted by Gasteiger charge is 2.02. The Balaban J connectivity index is 0.000000231. The second-order valence-corrected chi connectivity index (χ2v) is 10.1. The van der Waals surface area contributed by atoms with Crippen LogP contribution in [-0.2, 0) is 0 Å². The van der Waals surface area contributed by atoms with Crippen LogP contribution in [0.4, 0.5) is 5.69 Å². The van der Waals surface area contributed by atoms with Gasteiger partial charge in [-0.05, 0) is 84.3 Å². The van der Waals surface area contributed by atoms with E-state index < -0.39 is 0 Å². The van der Waals surface area contributed by atoms with Crippen molar-refractivity contribution in [2.75, 3.05) is 5.32 Å². The molecule has 41 heavy (non-hydrogen) atoms. The lowest BCUT2D eigenvalue weighted by molar-refractivity contribution is 1.41. The van der Waals surface area contributed by atoms with Crippen molar-refractivity contribution in [3.63, 3.8) is 0 Å². The lowest BCUT2D eigenvalue weighted by Crippen LogP contribution is -1.91. The second-order valence-electron chi connectivity index (χ2n) is 10.1. The van der Waals surface area contributed by atoms with E-state index in [-0.39, 0.29) is 0 Å². The van der Waals surface area contributed by atoms with Crippen molar-refractivity contribution in [3.05, 3.63) is 180 Å². The maximum absolute atomic E-state index is 3.42. The summed E-state index contributed by atoms with van der Waals surface area (Å²) in [5, 5.41) is 3.42. The molecule has 0 amide bonds. The standard InChI is InChI=1S/C26H25N.C14H14/c1-3-4-6-11-25(22-9-7-5-8-10-22)20-27-26-18-16-24(17-19-26)23-14-12-21(2)13-15-23;1-11-7-3-5-9-13(11)14-10-6-4-8-12(14)2/h3-20,27H,1-2H3;3-10H,1-2H3/b4-3-,11-6-,25-20-;. The Morgan fingerprint density at radius 1 is 0.537 bits per heavy atom. The number of aryl methyl sites for hydroxylation is 3. The van der Waals surface area contributed by atoms with Gasteiger partial charge in [-0.25, -0.2) is 0 Å². The molecule has 0 spiro atoms. The third kappa shape index (κ3) is 8.55. The monoisotopic (exact) mass is 533 g/mol. The third-order valence-electron chi connectivity index (χ3n) is 6.93. The minimum Gasteiger partial charge on any atom is -0.361 e. The van der Waals surface area contributed by atoms with Crippen LogP contribution < -0.4 is 5.32 Å². The SMILES string of the molecule is C\C=C/C=C\C(=C\Nc1ccc(-c2ccc(C)cc2)cc1)c1ccccc1.Cc1ccccc1-c1ccccc1C. The molecule has 1 N–H and O–H groups in total. The molecule has 0 aliphatic carbocycles. The molecular weight excluding hydrogens is 494 g/mol. The van der Waals surface area contributed by atoms with Crippen molar-refractivity contribution < 1.29 is 0 Å². The summed E-state index contributed by atoms with van der Waals surface area (Å²) in [5.74, 6) is 0. The molecular formula is C40H39N. The first-order valence-electron chi connectivity index (χ1n) is 14.2. The van der Waals surface area contributed by atoms with Crippen LogP contribution >= 0.6 is 0 Å². The van der Waals surface area contributed by atoms with Crippen LogP contribution in [0.15, 0.2) is 158 Å². The van der Waals surface area contributed by atoms with Gasteiger partial charge in [0.25, 0.3) is 0 Å². The maximum Gasteiger partial charge on any atom is 0.0380 e. The molecule has 1 heteroatoms. The molecule has 0 atom stereocenters. The number of benzene rings is 5. The molecule has 5 aromatic carbocycles. The summed E-state index contributed by atoms with van der Waals surface area (Å²) < 4.78 is 0. The Kier molecular flexibility index (Phi) is 10.7. The van der Waals surface area contributed by atoms with Crippen LogP contribution in [0.5, 0.6) is 0 Å². The van der Waals surface area contributed by atoms with Gasteiger partial charge >= 0.3 is 0 Å². The number of rotatable bonds is 7. The van der Waals surface area contributed by atoms with Gasteiger partial charge in [-0.1, -0.05) is 145 Å². The highest BCUT2D eigenvalue weighted by Crippen LogP contribution is 2.26. The fraction of sp³-hybridized carbons (Fsp3) is 0.100. The Labute approximate surface area is 246 Å². The van der Waals surface area contributed by atoms with Gasteiger partial charge in [0.15, 0.2) is 0 Å². The lowest BCUT2D eigenvalue weighted by atomic mass is 9.97. The molecule has 0 fully saturated rings. The molecule has 0 radical (unpaired) electrons. The smallest absolute Gasteiger partial charge is 0.0380 e. The maximum atomic E-state index is 3.42. The molecule has 5 rings (SSSR count). The predicted octanol–water partition coefficient (Wildman–Crippen LogP) is 11.2. The summed E-state index contributed by atoms with van der Waals surface area (Å²) in [6.45, 7) is 8.44. The molecule has 0 aromatic heterocycles. The first kappa shape index (κ1) is 29.1. The first-order valence-corrected chi connectivity index (χ1v) is 14.2. The molecule has 0 heterocycles. The normalized spacial score (nSPS) is 11.4. The van der Waals surface area contributed by atoms with E-state index in [9.17, 15) is 0 Å². The molecule has 5 aromatic rings. The van der Waals surface area contributed by atoms with Gasteiger partial charge < -0.3 is 5.32 Å². The van der Waals surface area contributed by atoms with Crippen LogP contribution in [0.1, 0.15) is 29.2 Å². The van der Waals surface area contributed by atoms with Gasteiger partial charge in [-0.3, -0.25) is 0 Å². The van der Waals surface area contributed by atoms with E-state index >= 15 is 0 Å². The van der Waals surface area contributed by atoms with Gasteiger partial charge in [0.2, 0.25) is 0 Å². The van der Waals surface area contributed by atoms with E-state index in [1.54, 1.807) is 0 Å². The van der Waals surface area contributed by atoms with Crippen molar-refractivity contribution in [2.45, 2.75) is 27.7 Å². The highest BCUT2D eigenvalue weighted by molar-refractivity contribution is 5.76. The van der Waals surface area contributed by atoms with Crippen molar-refractivity contribution in [2.24, 2.45) is 0 Å². The van der Waals surface area contributed by atoms with E-state index in [4.69, 9.17) is 0 Å². The summed E-state index contributed by atoms with van der Waals surface area (Å²) in [7, 11) is 0. The van der Waals surface area contributed by atoms with Crippen molar-refractivity contribution in [3.8, 4) is 22.3 Å². The van der Waals surface area contributed by atoms with Crippen LogP contribution in [0.3, 0.4) is 0 Å². The molecule has 0 bridgehead atoms. The van der Waals surface area contributed by atoms with Gasteiger partial charge in [0.1, 0.15) is 0 Å². The zero-order valence-corrected chi connectivity index (χ0v) is 24.5. The van der Waals surface area contributed by atoms with Crippen molar-refractivity contribution >= 4 is 11.3 Å². The fourth-order valence-corrected chi connectivity index (χ4v) is 4.54. The number of nitrogens with one attached hydrogen (secondary N) is 1. The number of anilines is 1. The highest BCUT2D eigenvalue weighted by atomic mass is 14.8. The first-order chi connectivity index (χ1) is 20.0.